The van der Waals surface area contributed by atoms with E-state index in [2.05, 4.69) is 27.5 Å². The number of anilines is 1. The zero-order chi connectivity index (χ0) is 23.2. The van der Waals surface area contributed by atoms with Crippen LogP contribution in [-0.4, -0.2) is 27.6 Å². The van der Waals surface area contributed by atoms with Crippen LogP contribution in [0.1, 0.15) is 35.7 Å². The second-order valence-electron chi connectivity index (χ2n) is 7.46. The summed E-state index contributed by atoms with van der Waals surface area (Å²) in [6.45, 7) is 4.70. The number of unbranched alkanes of at least 4 members (excludes halogenated alkanes) is 1. The molecule has 1 amide bonds. The third-order valence-electron chi connectivity index (χ3n) is 5.09. The van der Waals surface area contributed by atoms with Crippen LogP contribution in [0.2, 0.25) is 0 Å². The molecule has 0 saturated heterocycles. The third kappa shape index (κ3) is 5.35. The second-order valence-corrected chi connectivity index (χ2v) is 7.87. The number of rotatable bonds is 7. The first kappa shape index (κ1) is 22.4. The molecule has 2 N–H and O–H groups in total. The topological polar surface area (TPSA) is 89.3 Å². The molecular weight excluding hydrogens is 436 g/mol. The Balaban J connectivity index is 1.42. The van der Waals surface area contributed by atoms with Crippen LogP contribution in [0.25, 0.3) is 22.7 Å². The van der Waals surface area contributed by atoms with Crippen molar-refractivity contribution in [2.75, 3.05) is 11.9 Å². The Bertz CT molecular complexity index is 1250. The Morgan fingerprint density at radius 2 is 1.94 bits per heavy atom. The smallest absolute Gasteiger partial charge is 0.257 e. The Morgan fingerprint density at radius 1 is 1.12 bits per heavy atom. The average molecular weight is 461 g/mol. The summed E-state index contributed by atoms with van der Waals surface area (Å²) in [5, 5.41) is 6.00. The molecule has 7 nitrogen and oxygen atoms in total. The number of nitrogens with zero attached hydrogens (tertiary/aromatic N) is 2. The van der Waals surface area contributed by atoms with Gasteiger partial charge in [0.25, 0.3) is 5.91 Å². The number of aromatic nitrogens is 2. The highest BCUT2D eigenvalue weighted by molar-refractivity contribution is 7.80. The summed E-state index contributed by atoms with van der Waals surface area (Å²) in [5.41, 5.74) is 4.10. The lowest BCUT2D eigenvalue weighted by Crippen LogP contribution is -2.34. The predicted molar refractivity (Wildman–Crippen MR) is 133 cm³/mol. The zero-order valence-electron chi connectivity index (χ0n) is 18.4. The normalized spacial score (nSPS) is 10.7. The highest BCUT2D eigenvalue weighted by Crippen LogP contribution is 2.30. The number of oxazole rings is 1. The first-order valence-corrected chi connectivity index (χ1v) is 11.1. The van der Waals surface area contributed by atoms with Crippen molar-refractivity contribution in [1.82, 2.24) is 15.3 Å². The number of ether oxygens (including phenoxy) is 1. The maximum Gasteiger partial charge on any atom is 0.257 e. The molecule has 0 bridgehead atoms. The van der Waals surface area contributed by atoms with E-state index in [9.17, 15) is 4.79 Å². The van der Waals surface area contributed by atoms with E-state index in [0.29, 0.717) is 29.3 Å². The van der Waals surface area contributed by atoms with Crippen LogP contribution in [0.15, 0.2) is 65.2 Å². The van der Waals surface area contributed by atoms with E-state index in [1.54, 1.807) is 36.5 Å². The molecule has 0 unspecified atom stereocenters. The first-order chi connectivity index (χ1) is 16.0. The highest BCUT2D eigenvalue weighted by Gasteiger charge is 2.15. The minimum absolute atomic E-state index is 0.197. The third-order valence-corrected chi connectivity index (χ3v) is 5.29. The monoisotopic (exact) mass is 460 g/mol. The number of benzene rings is 2. The fourth-order valence-corrected chi connectivity index (χ4v) is 3.46. The fraction of sp³-hybridized carbons (Fsp3) is 0.200. The van der Waals surface area contributed by atoms with Gasteiger partial charge in [-0.3, -0.25) is 10.1 Å². The fourth-order valence-electron chi connectivity index (χ4n) is 3.25. The van der Waals surface area contributed by atoms with Crippen molar-refractivity contribution in [3.63, 3.8) is 0 Å². The first-order valence-electron chi connectivity index (χ1n) is 10.7. The molecule has 2 aromatic heterocycles. The van der Waals surface area contributed by atoms with Crippen molar-refractivity contribution in [3.05, 3.63) is 71.9 Å². The van der Waals surface area contributed by atoms with Gasteiger partial charge in [-0.2, -0.15) is 4.98 Å². The van der Waals surface area contributed by atoms with Crippen molar-refractivity contribution in [1.29, 1.82) is 0 Å². The molecule has 2 aromatic carbocycles. The zero-order valence-corrected chi connectivity index (χ0v) is 19.2. The Morgan fingerprint density at radius 3 is 2.70 bits per heavy atom. The van der Waals surface area contributed by atoms with Crippen LogP contribution >= 0.6 is 12.2 Å². The number of hydrogen-bond acceptors (Lipinski definition) is 6. The molecular formula is C25H24N4O3S. The van der Waals surface area contributed by atoms with E-state index in [-0.39, 0.29) is 11.0 Å². The van der Waals surface area contributed by atoms with Crippen LogP contribution in [0, 0.1) is 6.92 Å². The van der Waals surface area contributed by atoms with Crippen LogP contribution in [0.4, 0.5) is 5.69 Å². The number of carbonyl (C=O) groups is 1. The molecule has 0 aliphatic rings. The molecule has 0 radical (unpaired) electrons. The summed E-state index contributed by atoms with van der Waals surface area (Å²) in [6, 6.07) is 16.3. The predicted octanol–water partition coefficient (Wildman–Crippen LogP) is 5.50. The average Bonchev–Trinajstić information content (AvgIpc) is 3.25. The molecule has 0 fully saturated rings. The lowest BCUT2D eigenvalue weighted by Gasteiger charge is -2.13. The summed E-state index contributed by atoms with van der Waals surface area (Å²) in [6.07, 6.45) is 3.74. The summed E-state index contributed by atoms with van der Waals surface area (Å²) >= 11 is 5.36. The van der Waals surface area contributed by atoms with E-state index >= 15 is 0 Å². The minimum Gasteiger partial charge on any atom is -0.494 e. The number of fused-ring (bicyclic) bond motifs is 1. The van der Waals surface area contributed by atoms with E-state index in [4.69, 9.17) is 21.4 Å². The van der Waals surface area contributed by atoms with Crippen molar-refractivity contribution >= 4 is 40.2 Å². The lowest BCUT2D eigenvalue weighted by molar-refractivity contribution is 0.0977. The number of thiocarbonyl (C=S) groups is 1. The van der Waals surface area contributed by atoms with Crippen LogP contribution in [0.3, 0.4) is 0 Å². The van der Waals surface area contributed by atoms with Crippen molar-refractivity contribution in [3.8, 4) is 17.2 Å². The number of pyridine rings is 1. The number of hydrogen-bond donors (Lipinski definition) is 2. The van der Waals surface area contributed by atoms with E-state index in [1.165, 1.54) is 0 Å². The molecule has 0 saturated carbocycles. The summed E-state index contributed by atoms with van der Waals surface area (Å²) in [4.78, 5) is 21.3. The second kappa shape index (κ2) is 10.2. The molecule has 4 aromatic rings. The molecule has 8 heteroatoms. The molecule has 2 heterocycles. The van der Waals surface area contributed by atoms with Crippen molar-refractivity contribution < 1.29 is 13.9 Å². The SMILES string of the molecule is CCCCOc1ccc(C(=O)NC(=S)Nc2cccc(-c3nc4ncccc4o3)c2C)cc1. The largest absolute Gasteiger partial charge is 0.494 e. The maximum absolute atomic E-state index is 12.6. The van der Waals surface area contributed by atoms with Gasteiger partial charge in [-0.25, -0.2) is 4.98 Å². The van der Waals surface area contributed by atoms with Gasteiger partial charge in [0.05, 0.1) is 6.61 Å². The standard InChI is InChI=1S/C25H24N4O3S/c1-3-4-15-31-18-12-10-17(11-13-18)23(30)29-25(33)27-20-8-5-7-19(16(20)2)24-28-22-21(32-24)9-6-14-26-22/h5-14H,3-4,15H2,1-2H3,(H2,27,29,30,33). The number of carbonyl (C=O) groups excluding carboxylic acids is 1. The molecule has 0 aliphatic carbocycles. The highest BCUT2D eigenvalue weighted by atomic mass is 32.1. The lowest BCUT2D eigenvalue weighted by atomic mass is 10.1. The van der Waals surface area contributed by atoms with Gasteiger partial charge in [-0.05, 0) is 79.7 Å². The number of nitrogens with one attached hydrogen (secondary N) is 2. The molecule has 0 spiro atoms. The van der Waals surface area contributed by atoms with E-state index in [1.807, 2.05) is 31.2 Å². The molecule has 4 rings (SSSR count). The minimum atomic E-state index is -0.300. The van der Waals surface area contributed by atoms with Crippen molar-refractivity contribution in [2.24, 2.45) is 0 Å². The summed E-state index contributed by atoms with van der Waals surface area (Å²) < 4.78 is 11.5. The van der Waals surface area contributed by atoms with Gasteiger partial charge < -0.3 is 14.5 Å². The molecule has 0 aliphatic heterocycles. The molecule has 168 valence electrons. The van der Waals surface area contributed by atoms with Crippen LogP contribution in [0.5, 0.6) is 5.75 Å². The van der Waals surface area contributed by atoms with Crippen LogP contribution < -0.4 is 15.4 Å². The van der Waals surface area contributed by atoms with Gasteiger partial charge in [0.1, 0.15) is 5.75 Å². The van der Waals surface area contributed by atoms with Gasteiger partial charge in [0, 0.05) is 23.0 Å². The van der Waals surface area contributed by atoms with Gasteiger partial charge in [0.2, 0.25) is 5.89 Å². The summed E-state index contributed by atoms with van der Waals surface area (Å²) in [5.74, 6) is 0.912. The van der Waals surface area contributed by atoms with Crippen molar-refractivity contribution in [2.45, 2.75) is 26.7 Å². The van der Waals surface area contributed by atoms with Gasteiger partial charge in [-0.1, -0.05) is 19.4 Å². The van der Waals surface area contributed by atoms with E-state index in [0.717, 1.165) is 35.4 Å². The Labute approximate surface area is 197 Å². The molecule has 33 heavy (non-hydrogen) atoms. The van der Waals surface area contributed by atoms with Gasteiger partial charge in [0.15, 0.2) is 16.3 Å². The Hall–Kier alpha value is -3.78. The summed E-state index contributed by atoms with van der Waals surface area (Å²) in [7, 11) is 0. The van der Waals surface area contributed by atoms with Crippen LogP contribution in [-0.2, 0) is 0 Å². The maximum atomic E-state index is 12.6. The van der Waals surface area contributed by atoms with Gasteiger partial charge in [-0.15, -0.1) is 0 Å². The van der Waals surface area contributed by atoms with E-state index < -0.39 is 0 Å². The number of amides is 1. The Kier molecular flexibility index (Phi) is 6.95. The quantitative estimate of drug-likeness (QED) is 0.278. The van der Waals surface area contributed by atoms with Gasteiger partial charge >= 0.3 is 0 Å². The molecule has 0 atom stereocenters.